The van der Waals surface area contributed by atoms with Gasteiger partial charge < -0.3 is 5.32 Å². The predicted molar refractivity (Wildman–Crippen MR) is 67.8 cm³/mol. The van der Waals surface area contributed by atoms with Gasteiger partial charge in [-0.1, -0.05) is 0 Å². The van der Waals surface area contributed by atoms with Crippen LogP contribution < -0.4 is 5.32 Å². The highest BCUT2D eigenvalue weighted by molar-refractivity contribution is 5.72. The molecule has 0 aliphatic carbocycles. The fourth-order valence-electron chi connectivity index (χ4n) is 1.58. The number of carbonyl (C=O) groups excluding carboxylic acids is 1. The molecule has 2 aromatic heterocycles. The average molecular weight is 296 g/mol. The molecule has 2 aromatic rings. The number of aromatic nitrogens is 3. The Morgan fingerprint density at radius 2 is 2.00 bits per heavy atom. The van der Waals surface area contributed by atoms with Gasteiger partial charge in [-0.05, 0) is 18.2 Å². The molecule has 0 aliphatic heterocycles. The molecular formula is C13H11F3N4O. The zero-order chi connectivity index (χ0) is 15.5. The molecule has 1 N–H and O–H groups in total. The van der Waals surface area contributed by atoms with Crippen molar-refractivity contribution < 1.29 is 18.0 Å². The Labute approximate surface area is 118 Å². The van der Waals surface area contributed by atoms with Crippen LogP contribution in [-0.2, 0) is 17.5 Å². The van der Waals surface area contributed by atoms with Gasteiger partial charge in [0.2, 0.25) is 5.91 Å². The first-order valence-electron chi connectivity index (χ1n) is 5.95. The molecule has 8 heteroatoms. The number of hydrogen-bond acceptors (Lipinski definition) is 4. The minimum absolute atomic E-state index is 0.202. The maximum Gasteiger partial charge on any atom is 0.433 e. The second kappa shape index (κ2) is 5.86. The van der Waals surface area contributed by atoms with Crippen LogP contribution in [0.5, 0.6) is 0 Å². The van der Waals surface area contributed by atoms with Crippen LogP contribution in [0, 0.1) is 0 Å². The Morgan fingerprint density at radius 3 is 2.57 bits per heavy atom. The number of halogens is 3. The van der Waals surface area contributed by atoms with Crippen LogP contribution in [0.2, 0.25) is 0 Å². The molecule has 0 atom stereocenters. The molecule has 2 heterocycles. The molecule has 5 nitrogen and oxygen atoms in total. The van der Waals surface area contributed by atoms with E-state index in [-0.39, 0.29) is 12.5 Å². The van der Waals surface area contributed by atoms with Crippen molar-refractivity contribution in [1.82, 2.24) is 20.3 Å². The normalized spacial score (nSPS) is 11.2. The van der Waals surface area contributed by atoms with Crippen molar-refractivity contribution in [3.05, 3.63) is 42.1 Å². The number of rotatable bonds is 3. The first-order valence-corrected chi connectivity index (χ1v) is 5.95. The van der Waals surface area contributed by atoms with Crippen molar-refractivity contribution in [3.63, 3.8) is 0 Å². The van der Waals surface area contributed by atoms with Gasteiger partial charge in [0.05, 0.1) is 17.9 Å². The van der Waals surface area contributed by atoms with Gasteiger partial charge in [-0.2, -0.15) is 13.2 Å². The van der Waals surface area contributed by atoms with E-state index in [0.29, 0.717) is 17.0 Å². The number of hydrogen-bond donors (Lipinski definition) is 1. The zero-order valence-corrected chi connectivity index (χ0v) is 11.0. The van der Waals surface area contributed by atoms with E-state index in [9.17, 15) is 18.0 Å². The largest absolute Gasteiger partial charge is 0.433 e. The van der Waals surface area contributed by atoms with E-state index in [4.69, 9.17) is 0 Å². The SMILES string of the molecule is CC(=O)NCc1cc(-c2ccc(C(F)(F)F)nc2)ncn1. The minimum atomic E-state index is -4.47. The highest BCUT2D eigenvalue weighted by Crippen LogP contribution is 2.28. The van der Waals surface area contributed by atoms with Gasteiger partial charge in [-0.3, -0.25) is 9.78 Å². The van der Waals surface area contributed by atoms with Gasteiger partial charge in [0.15, 0.2) is 0 Å². The van der Waals surface area contributed by atoms with Crippen molar-refractivity contribution in [3.8, 4) is 11.3 Å². The number of amides is 1. The quantitative estimate of drug-likeness (QED) is 0.942. The van der Waals surface area contributed by atoms with E-state index in [1.165, 1.54) is 19.3 Å². The van der Waals surface area contributed by atoms with Gasteiger partial charge in [-0.15, -0.1) is 0 Å². The molecule has 0 fully saturated rings. The summed E-state index contributed by atoms with van der Waals surface area (Å²) in [5.41, 5.74) is 0.468. The first-order chi connectivity index (χ1) is 9.86. The lowest BCUT2D eigenvalue weighted by Crippen LogP contribution is -2.19. The van der Waals surface area contributed by atoms with Gasteiger partial charge >= 0.3 is 6.18 Å². The summed E-state index contributed by atoms with van der Waals surface area (Å²) in [6.07, 6.45) is -2.09. The number of pyridine rings is 1. The lowest BCUT2D eigenvalue weighted by molar-refractivity contribution is -0.141. The van der Waals surface area contributed by atoms with Crippen molar-refractivity contribution in [2.75, 3.05) is 0 Å². The van der Waals surface area contributed by atoms with E-state index in [1.807, 2.05) is 0 Å². The molecule has 0 saturated carbocycles. The fourth-order valence-corrected chi connectivity index (χ4v) is 1.58. The number of nitrogens with one attached hydrogen (secondary N) is 1. The lowest BCUT2D eigenvalue weighted by atomic mass is 10.1. The van der Waals surface area contributed by atoms with Crippen LogP contribution in [0.25, 0.3) is 11.3 Å². The molecule has 0 bridgehead atoms. The van der Waals surface area contributed by atoms with Crippen LogP contribution in [0.4, 0.5) is 13.2 Å². The summed E-state index contributed by atoms with van der Waals surface area (Å²) < 4.78 is 37.3. The number of carbonyl (C=O) groups is 1. The third kappa shape index (κ3) is 3.98. The monoisotopic (exact) mass is 296 g/mol. The molecule has 0 spiro atoms. The third-order valence-corrected chi connectivity index (χ3v) is 2.59. The van der Waals surface area contributed by atoms with E-state index < -0.39 is 11.9 Å². The predicted octanol–water partition coefficient (Wildman–Crippen LogP) is 2.19. The summed E-state index contributed by atoms with van der Waals surface area (Å²) in [6, 6.07) is 3.77. The van der Waals surface area contributed by atoms with Gasteiger partial charge in [0.1, 0.15) is 12.0 Å². The lowest BCUT2D eigenvalue weighted by Gasteiger charge is -2.07. The van der Waals surface area contributed by atoms with Crippen LogP contribution in [-0.4, -0.2) is 20.9 Å². The van der Waals surface area contributed by atoms with Crippen molar-refractivity contribution in [2.45, 2.75) is 19.6 Å². The number of alkyl halides is 3. The standard InChI is InChI=1S/C13H11F3N4O/c1-8(21)17-6-10-4-11(20-7-19-10)9-2-3-12(18-5-9)13(14,15)16/h2-5,7H,6H2,1H3,(H,17,21). The smallest absolute Gasteiger partial charge is 0.351 e. The van der Waals surface area contributed by atoms with Crippen LogP contribution in [0.3, 0.4) is 0 Å². The third-order valence-electron chi connectivity index (χ3n) is 2.59. The van der Waals surface area contributed by atoms with Gasteiger partial charge in [-0.25, -0.2) is 9.97 Å². The first kappa shape index (κ1) is 14.9. The highest BCUT2D eigenvalue weighted by Gasteiger charge is 2.32. The molecule has 1 amide bonds. The summed E-state index contributed by atoms with van der Waals surface area (Å²) in [5.74, 6) is -0.202. The van der Waals surface area contributed by atoms with E-state index in [0.717, 1.165) is 12.3 Å². The van der Waals surface area contributed by atoms with E-state index in [1.54, 1.807) is 6.07 Å². The number of nitrogens with zero attached hydrogens (tertiary/aromatic N) is 3. The van der Waals surface area contributed by atoms with Crippen molar-refractivity contribution >= 4 is 5.91 Å². The molecule has 0 aromatic carbocycles. The fraction of sp³-hybridized carbons (Fsp3) is 0.231. The molecule has 21 heavy (non-hydrogen) atoms. The summed E-state index contributed by atoms with van der Waals surface area (Å²) in [7, 11) is 0. The maximum atomic E-state index is 12.4. The summed E-state index contributed by atoms with van der Waals surface area (Å²) in [6.45, 7) is 1.60. The van der Waals surface area contributed by atoms with E-state index >= 15 is 0 Å². The van der Waals surface area contributed by atoms with Gasteiger partial charge in [0.25, 0.3) is 0 Å². The Bertz CT molecular complexity index is 641. The Morgan fingerprint density at radius 1 is 1.24 bits per heavy atom. The summed E-state index contributed by atoms with van der Waals surface area (Å²) in [5, 5.41) is 2.58. The molecule has 0 unspecified atom stereocenters. The molecule has 0 saturated heterocycles. The van der Waals surface area contributed by atoms with Crippen LogP contribution >= 0.6 is 0 Å². The minimum Gasteiger partial charge on any atom is -0.351 e. The molecule has 110 valence electrons. The topological polar surface area (TPSA) is 67.8 Å². The summed E-state index contributed by atoms with van der Waals surface area (Å²) in [4.78, 5) is 22.2. The van der Waals surface area contributed by atoms with Crippen LogP contribution in [0.15, 0.2) is 30.7 Å². The van der Waals surface area contributed by atoms with Crippen LogP contribution in [0.1, 0.15) is 18.3 Å². The molecule has 0 radical (unpaired) electrons. The second-order valence-electron chi connectivity index (χ2n) is 4.23. The Kier molecular flexibility index (Phi) is 4.15. The average Bonchev–Trinajstić information content (AvgIpc) is 2.45. The highest BCUT2D eigenvalue weighted by atomic mass is 19.4. The maximum absolute atomic E-state index is 12.4. The van der Waals surface area contributed by atoms with E-state index in [2.05, 4.69) is 20.3 Å². The Balaban J connectivity index is 2.22. The zero-order valence-electron chi connectivity index (χ0n) is 11.0. The van der Waals surface area contributed by atoms with Crippen molar-refractivity contribution in [2.24, 2.45) is 0 Å². The molecule has 2 rings (SSSR count). The van der Waals surface area contributed by atoms with Crippen molar-refractivity contribution in [1.29, 1.82) is 0 Å². The summed E-state index contributed by atoms with van der Waals surface area (Å²) >= 11 is 0. The Hall–Kier alpha value is -2.51. The van der Waals surface area contributed by atoms with Gasteiger partial charge in [0, 0.05) is 18.7 Å². The molecular weight excluding hydrogens is 285 g/mol. The molecule has 0 aliphatic rings. The second-order valence-corrected chi connectivity index (χ2v) is 4.23.